The van der Waals surface area contributed by atoms with E-state index in [0.717, 1.165) is 47.7 Å². The van der Waals surface area contributed by atoms with Gasteiger partial charge in [-0.2, -0.15) is 0 Å². The number of ether oxygens (including phenoxy) is 1. The lowest BCUT2D eigenvalue weighted by atomic mass is 9.86. The number of aliphatic imine (C=N–C) groups is 1. The number of benzene rings is 1. The molecule has 1 saturated carbocycles. The number of aromatic nitrogens is 1. The summed E-state index contributed by atoms with van der Waals surface area (Å²) in [4.78, 5) is 12.8. The number of thioether (sulfide) groups is 1. The van der Waals surface area contributed by atoms with Gasteiger partial charge in [0.1, 0.15) is 5.03 Å². The van der Waals surface area contributed by atoms with Crippen molar-refractivity contribution in [2.75, 3.05) is 13.2 Å². The molecule has 1 saturated heterocycles. The average molecular weight is 424 g/mol. The third-order valence-electron chi connectivity index (χ3n) is 7.10. The summed E-state index contributed by atoms with van der Waals surface area (Å²) in [6.07, 6.45) is 7.80. The Hall–Kier alpha value is -1.59. The van der Waals surface area contributed by atoms with E-state index in [9.17, 15) is 0 Å². The number of rotatable bonds is 3. The van der Waals surface area contributed by atoms with Gasteiger partial charge in [0.25, 0.3) is 0 Å². The van der Waals surface area contributed by atoms with Crippen LogP contribution in [0.4, 0.5) is 0 Å². The first-order valence-corrected chi connectivity index (χ1v) is 12.4. The van der Waals surface area contributed by atoms with Crippen LogP contribution in [0.15, 0.2) is 28.2 Å². The van der Waals surface area contributed by atoms with E-state index < -0.39 is 0 Å². The highest BCUT2D eigenvalue weighted by Crippen LogP contribution is 2.38. The van der Waals surface area contributed by atoms with Gasteiger partial charge in [0.05, 0.1) is 18.2 Å². The normalized spacial score (nSPS) is 28.3. The number of fused-ring (bicyclic) bond motifs is 2. The largest absolute Gasteiger partial charge is 0.376 e. The van der Waals surface area contributed by atoms with Crippen LogP contribution in [0, 0.1) is 19.8 Å². The van der Waals surface area contributed by atoms with Gasteiger partial charge < -0.3 is 9.64 Å². The SMILES string of the molecule is Cc1ccc(C)c2nc3c(cc12)CN(C1CCC(C)CC1)C(=NCC1CCCO1)S3. The van der Waals surface area contributed by atoms with Crippen molar-refractivity contribution < 1.29 is 4.74 Å². The van der Waals surface area contributed by atoms with Crippen LogP contribution in [-0.2, 0) is 11.3 Å². The molecule has 1 unspecified atom stereocenters. The van der Waals surface area contributed by atoms with E-state index in [1.165, 1.54) is 54.2 Å². The van der Waals surface area contributed by atoms with Crippen LogP contribution in [0.5, 0.6) is 0 Å². The summed E-state index contributed by atoms with van der Waals surface area (Å²) in [6.45, 7) is 9.36. The lowest BCUT2D eigenvalue weighted by Crippen LogP contribution is -2.42. The van der Waals surface area contributed by atoms with Gasteiger partial charge in [0.2, 0.25) is 0 Å². The standard InChI is InChI=1S/C25H33N3OS/c1-16-6-10-20(11-7-16)28-15-19-13-22-17(2)8-9-18(3)23(22)27-24(19)30-25(28)26-14-21-5-4-12-29-21/h8-9,13,16,20-21H,4-7,10-12,14-15H2,1-3H3. The lowest BCUT2D eigenvalue weighted by Gasteiger charge is -2.40. The van der Waals surface area contributed by atoms with E-state index in [4.69, 9.17) is 14.7 Å². The van der Waals surface area contributed by atoms with Crippen LogP contribution in [0.25, 0.3) is 10.9 Å². The summed E-state index contributed by atoms with van der Waals surface area (Å²) in [5.74, 6) is 0.856. The fourth-order valence-electron chi connectivity index (χ4n) is 5.09. The summed E-state index contributed by atoms with van der Waals surface area (Å²) < 4.78 is 5.84. The van der Waals surface area contributed by atoms with Crippen LogP contribution in [-0.4, -0.2) is 40.3 Å². The minimum Gasteiger partial charge on any atom is -0.376 e. The maximum atomic E-state index is 5.84. The molecule has 0 spiro atoms. The minimum absolute atomic E-state index is 0.294. The zero-order valence-electron chi connectivity index (χ0n) is 18.5. The fraction of sp³-hybridized carbons (Fsp3) is 0.600. The highest BCUT2D eigenvalue weighted by atomic mass is 32.2. The number of hydrogen-bond acceptors (Lipinski definition) is 4. The maximum Gasteiger partial charge on any atom is 0.166 e. The molecule has 0 amide bonds. The monoisotopic (exact) mass is 423 g/mol. The van der Waals surface area contributed by atoms with E-state index in [1.54, 1.807) is 11.8 Å². The molecule has 0 N–H and O–H groups in total. The first kappa shape index (κ1) is 20.3. The van der Waals surface area contributed by atoms with Crippen molar-refractivity contribution in [3.8, 4) is 0 Å². The van der Waals surface area contributed by atoms with Crippen molar-refractivity contribution in [1.29, 1.82) is 0 Å². The number of pyridine rings is 1. The average Bonchev–Trinajstić information content (AvgIpc) is 3.28. The van der Waals surface area contributed by atoms with Crippen molar-refractivity contribution in [3.05, 3.63) is 34.9 Å². The topological polar surface area (TPSA) is 37.7 Å². The lowest BCUT2D eigenvalue weighted by molar-refractivity contribution is 0.117. The number of aryl methyl sites for hydroxylation is 2. The Kier molecular flexibility index (Phi) is 5.76. The van der Waals surface area contributed by atoms with Gasteiger partial charge in [0, 0.05) is 30.1 Å². The Balaban J connectivity index is 1.50. The van der Waals surface area contributed by atoms with Crippen LogP contribution in [0.3, 0.4) is 0 Å². The van der Waals surface area contributed by atoms with E-state index in [2.05, 4.69) is 43.9 Å². The van der Waals surface area contributed by atoms with Crippen molar-refractivity contribution in [2.24, 2.45) is 10.9 Å². The minimum atomic E-state index is 0.294. The molecule has 30 heavy (non-hydrogen) atoms. The molecule has 5 heteroatoms. The molecule has 0 bridgehead atoms. The Labute approximate surface area is 184 Å². The van der Waals surface area contributed by atoms with Gasteiger partial charge in [-0.1, -0.05) is 19.1 Å². The van der Waals surface area contributed by atoms with Crippen LogP contribution in [0.1, 0.15) is 62.1 Å². The molecule has 4 nitrogen and oxygen atoms in total. The van der Waals surface area contributed by atoms with Gasteiger partial charge in [-0.3, -0.25) is 4.99 Å². The molecule has 1 aromatic carbocycles. The molecule has 1 aromatic heterocycles. The zero-order valence-corrected chi connectivity index (χ0v) is 19.3. The molecule has 1 atom stereocenters. The number of amidine groups is 1. The molecule has 0 radical (unpaired) electrons. The molecule has 2 aromatic rings. The smallest absolute Gasteiger partial charge is 0.166 e. The first-order chi connectivity index (χ1) is 14.6. The number of nitrogens with zero attached hydrogens (tertiary/aromatic N) is 3. The molecule has 1 aliphatic carbocycles. The van der Waals surface area contributed by atoms with Gasteiger partial charge in [-0.25, -0.2) is 4.98 Å². The summed E-state index contributed by atoms with van der Waals surface area (Å²) >= 11 is 1.78. The molecule has 5 rings (SSSR count). The Bertz CT molecular complexity index is 959. The quantitative estimate of drug-likeness (QED) is 0.618. The Morgan fingerprint density at radius 2 is 1.93 bits per heavy atom. The van der Waals surface area contributed by atoms with Gasteiger partial charge >= 0.3 is 0 Å². The predicted octanol–water partition coefficient (Wildman–Crippen LogP) is 5.87. The highest BCUT2D eigenvalue weighted by molar-refractivity contribution is 8.13. The zero-order chi connectivity index (χ0) is 20.7. The summed E-state index contributed by atoms with van der Waals surface area (Å²) in [6, 6.07) is 7.39. The molecule has 2 fully saturated rings. The molecule has 2 aliphatic heterocycles. The molecular formula is C25H33N3OS. The second-order valence-electron chi connectivity index (χ2n) is 9.45. The van der Waals surface area contributed by atoms with Crippen molar-refractivity contribution in [1.82, 2.24) is 9.88 Å². The summed E-state index contributed by atoms with van der Waals surface area (Å²) in [7, 11) is 0. The molecule has 3 heterocycles. The van der Waals surface area contributed by atoms with Crippen molar-refractivity contribution >= 4 is 27.8 Å². The predicted molar refractivity (Wildman–Crippen MR) is 125 cm³/mol. The third kappa shape index (κ3) is 3.99. The summed E-state index contributed by atoms with van der Waals surface area (Å²) in [5, 5.41) is 3.60. The van der Waals surface area contributed by atoms with Crippen LogP contribution < -0.4 is 0 Å². The van der Waals surface area contributed by atoms with E-state index in [1.807, 2.05) is 0 Å². The van der Waals surface area contributed by atoms with Crippen molar-refractivity contribution in [2.45, 2.75) is 83.0 Å². The molecule has 160 valence electrons. The second kappa shape index (κ2) is 8.51. The first-order valence-electron chi connectivity index (χ1n) is 11.6. The van der Waals surface area contributed by atoms with Crippen LogP contribution >= 0.6 is 11.8 Å². The van der Waals surface area contributed by atoms with Crippen LogP contribution in [0.2, 0.25) is 0 Å². The molecule has 3 aliphatic rings. The van der Waals surface area contributed by atoms with E-state index >= 15 is 0 Å². The highest BCUT2D eigenvalue weighted by Gasteiger charge is 2.32. The van der Waals surface area contributed by atoms with E-state index in [0.29, 0.717) is 12.1 Å². The Morgan fingerprint density at radius 1 is 1.13 bits per heavy atom. The number of hydrogen-bond donors (Lipinski definition) is 0. The maximum absolute atomic E-state index is 5.84. The fourth-order valence-corrected chi connectivity index (χ4v) is 6.12. The Morgan fingerprint density at radius 3 is 2.70 bits per heavy atom. The molecular weight excluding hydrogens is 390 g/mol. The van der Waals surface area contributed by atoms with Gasteiger partial charge in [-0.05, 0) is 87.2 Å². The van der Waals surface area contributed by atoms with E-state index in [-0.39, 0.29) is 0 Å². The van der Waals surface area contributed by atoms with Crippen molar-refractivity contribution in [3.63, 3.8) is 0 Å². The van der Waals surface area contributed by atoms with Gasteiger partial charge in [0.15, 0.2) is 5.17 Å². The van der Waals surface area contributed by atoms with Gasteiger partial charge in [-0.15, -0.1) is 0 Å². The third-order valence-corrected chi connectivity index (χ3v) is 8.19. The summed E-state index contributed by atoms with van der Waals surface area (Å²) in [5.41, 5.74) is 5.06. The second-order valence-corrected chi connectivity index (χ2v) is 10.4.